The number of imidazole rings is 1. The van der Waals surface area contributed by atoms with Crippen LogP contribution in [0.15, 0.2) is 36.9 Å². The number of aromatic nitrogens is 3. The van der Waals surface area contributed by atoms with Crippen molar-refractivity contribution in [2.24, 2.45) is 5.41 Å². The third kappa shape index (κ3) is 2.98. The van der Waals surface area contributed by atoms with E-state index in [2.05, 4.69) is 9.97 Å². The quantitative estimate of drug-likeness (QED) is 0.913. The Labute approximate surface area is 133 Å². The molecule has 22 heavy (non-hydrogen) atoms. The highest BCUT2D eigenvalue weighted by Gasteiger charge is 2.48. The molecule has 1 atom stereocenters. The molecule has 0 spiro atoms. The Kier molecular flexibility index (Phi) is 4.53. The highest BCUT2D eigenvalue weighted by atomic mass is 35.5. The number of aliphatic hydroxyl groups is 1. The Morgan fingerprint density at radius 2 is 1.95 bits per heavy atom. The molecule has 0 amide bonds. The Hall–Kier alpha value is -1.92. The zero-order chi connectivity index (χ0) is 16.4. The van der Waals surface area contributed by atoms with Gasteiger partial charge in [0.25, 0.3) is 5.72 Å². The van der Waals surface area contributed by atoms with Crippen LogP contribution in [0.4, 0.5) is 0 Å². The van der Waals surface area contributed by atoms with Crippen LogP contribution in [0, 0.1) is 5.41 Å². The van der Waals surface area contributed by atoms with Gasteiger partial charge in [-0.15, -0.1) is 0 Å². The lowest BCUT2D eigenvalue weighted by molar-refractivity contribution is -0.158. The van der Waals surface area contributed by atoms with E-state index in [1.165, 1.54) is 29.4 Å². The second kappa shape index (κ2) is 6.06. The van der Waals surface area contributed by atoms with Crippen LogP contribution in [-0.4, -0.2) is 32.0 Å². The number of halogens is 1. The van der Waals surface area contributed by atoms with Crippen LogP contribution >= 0.6 is 11.6 Å². The number of pyridine rings is 1. The van der Waals surface area contributed by atoms with Crippen molar-refractivity contribution >= 4 is 17.4 Å². The van der Waals surface area contributed by atoms with Gasteiger partial charge in [-0.1, -0.05) is 20.8 Å². The maximum absolute atomic E-state index is 13.0. The zero-order valence-electron chi connectivity index (χ0n) is 12.7. The second-order valence-electron chi connectivity index (χ2n) is 5.87. The van der Waals surface area contributed by atoms with E-state index in [-0.39, 0.29) is 11.1 Å². The van der Waals surface area contributed by atoms with Gasteiger partial charge in [-0.3, -0.25) is 14.3 Å². The molecule has 0 fully saturated rings. The van der Waals surface area contributed by atoms with E-state index in [4.69, 9.17) is 16.3 Å². The minimum absolute atomic E-state index is 0.0562. The molecular weight excluding hydrogens is 306 g/mol. The topological polar surface area (TPSA) is 77.2 Å². The van der Waals surface area contributed by atoms with Gasteiger partial charge >= 0.3 is 0 Å². The fourth-order valence-electron chi connectivity index (χ4n) is 2.13. The first-order valence-corrected chi connectivity index (χ1v) is 7.13. The number of carbonyl (C=O) groups excluding carboxylic acids is 1. The number of rotatable bonds is 5. The first-order chi connectivity index (χ1) is 10.3. The van der Waals surface area contributed by atoms with Gasteiger partial charge in [-0.25, -0.2) is 4.98 Å². The number of carbonyl (C=O) groups is 1. The molecule has 0 bridgehead atoms. The van der Waals surface area contributed by atoms with Gasteiger partial charge in [0.05, 0.1) is 0 Å². The predicted octanol–water partition coefficient (Wildman–Crippen LogP) is 2.27. The Morgan fingerprint density at radius 1 is 1.32 bits per heavy atom. The molecule has 118 valence electrons. The standard InChI is InChI=1S/C15H18ClN3O3/c1-14(2,3)12(21)15(10-20,19-9-8-18-13(19)16)22-11-4-6-17-7-5-11/h4-9,20H,10H2,1-3H3. The van der Waals surface area contributed by atoms with Gasteiger partial charge in [0.2, 0.25) is 11.1 Å². The van der Waals surface area contributed by atoms with Gasteiger partial charge in [0, 0.05) is 30.2 Å². The van der Waals surface area contributed by atoms with Crippen molar-refractivity contribution in [3.8, 4) is 5.75 Å². The highest BCUT2D eigenvalue weighted by Crippen LogP contribution is 2.33. The van der Waals surface area contributed by atoms with Crippen molar-refractivity contribution in [1.29, 1.82) is 0 Å². The molecule has 2 heterocycles. The van der Waals surface area contributed by atoms with Crippen LogP contribution in [0.2, 0.25) is 5.28 Å². The van der Waals surface area contributed by atoms with Gasteiger partial charge < -0.3 is 9.84 Å². The number of hydrogen-bond donors (Lipinski definition) is 1. The molecule has 0 aliphatic rings. The van der Waals surface area contributed by atoms with Crippen LogP contribution in [0.25, 0.3) is 0 Å². The molecule has 6 nitrogen and oxygen atoms in total. The van der Waals surface area contributed by atoms with Crippen molar-refractivity contribution in [1.82, 2.24) is 14.5 Å². The van der Waals surface area contributed by atoms with E-state index in [0.29, 0.717) is 5.75 Å². The van der Waals surface area contributed by atoms with E-state index >= 15 is 0 Å². The first-order valence-electron chi connectivity index (χ1n) is 6.75. The number of ketones is 1. The fourth-order valence-corrected chi connectivity index (χ4v) is 2.38. The minimum atomic E-state index is -1.69. The molecule has 2 aromatic heterocycles. The van der Waals surface area contributed by atoms with E-state index in [1.807, 2.05) is 0 Å². The smallest absolute Gasteiger partial charge is 0.271 e. The molecule has 2 rings (SSSR count). The van der Waals surface area contributed by atoms with Gasteiger partial charge in [-0.2, -0.15) is 0 Å². The number of aliphatic hydroxyl groups excluding tert-OH is 1. The van der Waals surface area contributed by atoms with Crippen molar-refractivity contribution in [2.45, 2.75) is 26.5 Å². The lowest BCUT2D eigenvalue weighted by Crippen LogP contribution is -2.54. The first kappa shape index (κ1) is 16.5. The van der Waals surface area contributed by atoms with Crippen LogP contribution in [-0.2, 0) is 10.5 Å². The number of ether oxygens (including phenoxy) is 1. The summed E-state index contributed by atoms with van der Waals surface area (Å²) < 4.78 is 7.20. The maximum atomic E-state index is 13.0. The summed E-state index contributed by atoms with van der Waals surface area (Å²) in [5, 5.41) is 10.1. The number of hydrogen-bond acceptors (Lipinski definition) is 5. The largest absolute Gasteiger partial charge is 0.457 e. The summed E-state index contributed by atoms with van der Waals surface area (Å²) in [6, 6.07) is 3.20. The molecule has 0 radical (unpaired) electrons. The lowest BCUT2D eigenvalue weighted by atomic mass is 9.84. The third-order valence-electron chi connectivity index (χ3n) is 3.17. The summed E-state index contributed by atoms with van der Waals surface area (Å²) >= 11 is 6.06. The summed E-state index contributed by atoms with van der Waals surface area (Å²) in [4.78, 5) is 20.8. The second-order valence-corrected chi connectivity index (χ2v) is 6.21. The molecule has 0 saturated heterocycles. The molecule has 0 aromatic carbocycles. The highest BCUT2D eigenvalue weighted by molar-refractivity contribution is 6.28. The third-order valence-corrected chi connectivity index (χ3v) is 3.45. The van der Waals surface area contributed by atoms with Crippen molar-refractivity contribution in [3.63, 3.8) is 0 Å². The van der Waals surface area contributed by atoms with Gasteiger partial charge in [-0.05, 0) is 23.7 Å². The normalized spacial score (nSPS) is 14.4. The molecule has 1 N–H and O–H groups in total. The molecule has 0 saturated carbocycles. The van der Waals surface area contributed by atoms with Crippen LogP contribution < -0.4 is 4.74 Å². The Morgan fingerprint density at radius 3 is 2.41 bits per heavy atom. The van der Waals surface area contributed by atoms with Crippen LogP contribution in [0.1, 0.15) is 20.8 Å². The summed E-state index contributed by atoms with van der Waals surface area (Å²) in [6.07, 6.45) is 6.02. The summed E-state index contributed by atoms with van der Waals surface area (Å²) in [7, 11) is 0. The Balaban J connectivity index is 2.57. The van der Waals surface area contributed by atoms with Gasteiger partial charge in [0.1, 0.15) is 12.4 Å². The van der Waals surface area contributed by atoms with Crippen LogP contribution in [0.5, 0.6) is 5.75 Å². The molecule has 0 aliphatic heterocycles. The molecule has 7 heteroatoms. The van der Waals surface area contributed by atoms with E-state index in [1.54, 1.807) is 32.9 Å². The van der Waals surface area contributed by atoms with Crippen molar-refractivity contribution in [2.75, 3.05) is 6.61 Å². The fraction of sp³-hybridized carbons (Fsp3) is 0.400. The molecule has 0 aliphatic carbocycles. The van der Waals surface area contributed by atoms with E-state index in [9.17, 15) is 9.90 Å². The Bertz CT molecular complexity index is 652. The molecule has 1 unspecified atom stereocenters. The average molecular weight is 324 g/mol. The van der Waals surface area contributed by atoms with E-state index < -0.39 is 17.7 Å². The maximum Gasteiger partial charge on any atom is 0.271 e. The zero-order valence-corrected chi connectivity index (χ0v) is 13.4. The van der Waals surface area contributed by atoms with Crippen molar-refractivity contribution in [3.05, 3.63) is 42.2 Å². The summed E-state index contributed by atoms with van der Waals surface area (Å²) in [5.41, 5.74) is -2.45. The number of nitrogens with zero attached hydrogens (tertiary/aromatic N) is 3. The molecule has 2 aromatic rings. The van der Waals surface area contributed by atoms with Crippen LogP contribution in [0.3, 0.4) is 0 Å². The number of Topliss-reactive ketones (excluding diaryl/α,β-unsaturated/α-hetero) is 1. The van der Waals surface area contributed by atoms with Crippen molar-refractivity contribution < 1.29 is 14.6 Å². The predicted molar refractivity (Wildman–Crippen MR) is 81.6 cm³/mol. The SMILES string of the molecule is CC(C)(C)C(=O)C(CO)(Oc1ccncc1)n1ccnc1Cl. The summed E-state index contributed by atoms with van der Waals surface area (Å²) in [5.74, 6) is 0.0747. The summed E-state index contributed by atoms with van der Waals surface area (Å²) in [6.45, 7) is 4.67. The monoisotopic (exact) mass is 323 g/mol. The average Bonchev–Trinajstić information content (AvgIpc) is 2.91. The lowest BCUT2D eigenvalue weighted by Gasteiger charge is -2.37. The van der Waals surface area contributed by atoms with Gasteiger partial charge in [0.15, 0.2) is 0 Å². The minimum Gasteiger partial charge on any atom is -0.457 e. The van der Waals surface area contributed by atoms with E-state index in [0.717, 1.165) is 0 Å². The molecular formula is C15H18ClN3O3.